The lowest BCUT2D eigenvalue weighted by Crippen LogP contribution is -2.30. The molecule has 0 radical (unpaired) electrons. The molecule has 2 N–H and O–H groups in total. The number of H-pyrrole nitrogens is 1. The van der Waals surface area contributed by atoms with E-state index in [4.69, 9.17) is 9.47 Å². The number of para-hydroxylation sites is 1. The lowest BCUT2D eigenvalue weighted by atomic mass is 10.1. The van der Waals surface area contributed by atoms with Crippen molar-refractivity contribution in [3.05, 3.63) is 35.5 Å². The van der Waals surface area contributed by atoms with E-state index in [1.807, 2.05) is 0 Å². The second-order valence-electron chi connectivity index (χ2n) is 4.67. The number of alkyl carbamates (subject to hydrolysis) is 1. The van der Waals surface area contributed by atoms with Crippen LogP contribution in [0.15, 0.2) is 24.3 Å². The number of fused-ring (bicyclic) bond motifs is 1. The summed E-state index contributed by atoms with van der Waals surface area (Å²) in [5.74, 6) is -0.771. The van der Waals surface area contributed by atoms with Gasteiger partial charge in [-0.2, -0.15) is 0 Å². The maximum absolute atomic E-state index is 12.3. The first-order valence-electron chi connectivity index (χ1n) is 7.29. The monoisotopic (exact) mass is 318 g/mol. The minimum absolute atomic E-state index is 0.189. The van der Waals surface area contributed by atoms with Crippen molar-refractivity contribution in [3.63, 3.8) is 0 Å². The molecular weight excluding hydrogens is 300 g/mol. The van der Waals surface area contributed by atoms with Crippen LogP contribution < -0.4 is 5.32 Å². The molecule has 7 nitrogen and oxygen atoms in total. The van der Waals surface area contributed by atoms with Crippen LogP contribution in [0.2, 0.25) is 0 Å². The zero-order valence-corrected chi connectivity index (χ0v) is 13.0. The molecule has 0 aliphatic rings. The van der Waals surface area contributed by atoms with Crippen LogP contribution in [0.5, 0.6) is 0 Å². The first-order chi connectivity index (χ1) is 11.1. The molecule has 0 spiro atoms. The second-order valence-corrected chi connectivity index (χ2v) is 4.67. The van der Waals surface area contributed by atoms with Gasteiger partial charge in [0.25, 0.3) is 0 Å². The highest BCUT2D eigenvalue weighted by atomic mass is 16.5. The Morgan fingerprint density at radius 2 is 1.87 bits per heavy atom. The summed E-state index contributed by atoms with van der Waals surface area (Å²) in [5.41, 5.74) is 1.20. The Morgan fingerprint density at radius 3 is 2.57 bits per heavy atom. The van der Waals surface area contributed by atoms with Crippen molar-refractivity contribution >= 4 is 28.7 Å². The van der Waals surface area contributed by atoms with E-state index in [0.717, 1.165) is 5.39 Å². The highest BCUT2D eigenvalue weighted by Gasteiger charge is 2.16. The van der Waals surface area contributed by atoms with Crippen molar-refractivity contribution in [2.75, 3.05) is 19.8 Å². The van der Waals surface area contributed by atoms with Crippen LogP contribution in [0.25, 0.3) is 10.9 Å². The number of aromatic amines is 1. The number of ketones is 1. The van der Waals surface area contributed by atoms with Crippen molar-refractivity contribution < 1.29 is 23.9 Å². The van der Waals surface area contributed by atoms with Gasteiger partial charge in [-0.25, -0.2) is 9.59 Å². The number of aromatic nitrogens is 1. The van der Waals surface area contributed by atoms with Crippen LogP contribution in [-0.2, 0) is 9.47 Å². The van der Waals surface area contributed by atoms with Gasteiger partial charge >= 0.3 is 12.1 Å². The molecule has 1 aromatic carbocycles. The van der Waals surface area contributed by atoms with E-state index in [9.17, 15) is 14.4 Å². The van der Waals surface area contributed by atoms with Gasteiger partial charge in [0.1, 0.15) is 5.69 Å². The molecule has 0 atom stereocenters. The third-order valence-electron chi connectivity index (χ3n) is 3.12. The second kappa shape index (κ2) is 7.44. The predicted octanol–water partition coefficient (Wildman–Crippen LogP) is 2.27. The van der Waals surface area contributed by atoms with Crippen molar-refractivity contribution in [3.8, 4) is 0 Å². The number of hydrogen-bond acceptors (Lipinski definition) is 5. The summed E-state index contributed by atoms with van der Waals surface area (Å²) in [7, 11) is 0. The fourth-order valence-electron chi connectivity index (χ4n) is 2.14. The maximum Gasteiger partial charge on any atom is 0.407 e. The summed E-state index contributed by atoms with van der Waals surface area (Å²) in [4.78, 5) is 38.2. The smallest absolute Gasteiger partial charge is 0.407 e. The highest BCUT2D eigenvalue weighted by Crippen LogP contribution is 2.20. The van der Waals surface area contributed by atoms with E-state index >= 15 is 0 Å². The Balaban J connectivity index is 2.21. The Bertz CT molecular complexity index is 735. The number of rotatable bonds is 6. The number of Topliss-reactive ketones (excluding diaryl/α,β-unsaturated/α-hetero) is 1. The number of ether oxygens (including phenoxy) is 2. The molecule has 0 unspecified atom stereocenters. The van der Waals surface area contributed by atoms with Crippen LogP contribution in [0.4, 0.5) is 4.79 Å². The Labute approximate surface area is 133 Å². The van der Waals surface area contributed by atoms with Crippen LogP contribution >= 0.6 is 0 Å². The van der Waals surface area contributed by atoms with Crippen LogP contribution in [0.1, 0.15) is 34.7 Å². The molecule has 2 rings (SSSR count). The summed E-state index contributed by atoms with van der Waals surface area (Å²) in [6, 6.07) is 6.75. The van der Waals surface area contributed by atoms with Crippen molar-refractivity contribution in [1.82, 2.24) is 10.3 Å². The number of nitrogens with one attached hydrogen (secondary N) is 2. The van der Waals surface area contributed by atoms with Crippen LogP contribution in [-0.4, -0.2) is 42.6 Å². The largest absolute Gasteiger partial charge is 0.461 e. The average Bonchev–Trinajstić information content (AvgIpc) is 2.97. The van der Waals surface area contributed by atoms with Gasteiger partial charge in [0, 0.05) is 10.9 Å². The van der Waals surface area contributed by atoms with E-state index in [1.54, 1.807) is 38.1 Å². The van der Waals surface area contributed by atoms with Crippen molar-refractivity contribution in [2.24, 2.45) is 0 Å². The van der Waals surface area contributed by atoms with Crippen LogP contribution in [0, 0.1) is 0 Å². The Hall–Kier alpha value is -2.83. The summed E-state index contributed by atoms with van der Waals surface area (Å²) in [5, 5.41) is 3.10. The van der Waals surface area contributed by atoms with Gasteiger partial charge in [-0.05, 0) is 26.0 Å². The molecule has 0 aliphatic carbocycles. The van der Waals surface area contributed by atoms with Gasteiger partial charge in [0.2, 0.25) is 0 Å². The lowest BCUT2D eigenvalue weighted by molar-refractivity contribution is 0.0520. The molecule has 0 aliphatic heterocycles. The quantitative estimate of drug-likeness (QED) is 0.629. The molecule has 0 saturated heterocycles. The molecule has 1 heterocycles. The summed E-state index contributed by atoms with van der Waals surface area (Å²) >= 11 is 0. The third kappa shape index (κ3) is 3.88. The van der Waals surface area contributed by atoms with Gasteiger partial charge in [-0.15, -0.1) is 0 Å². The molecule has 7 heteroatoms. The molecule has 2 aromatic rings. The average molecular weight is 318 g/mol. The molecular formula is C16H18N2O5. The lowest BCUT2D eigenvalue weighted by Gasteiger charge is -2.05. The van der Waals surface area contributed by atoms with Crippen molar-refractivity contribution in [2.45, 2.75) is 13.8 Å². The van der Waals surface area contributed by atoms with Gasteiger partial charge in [-0.3, -0.25) is 4.79 Å². The van der Waals surface area contributed by atoms with E-state index < -0.39 is 12.1 Å². The first-order valence-corrected chi connectivity index (χ1v) is 7.29. The first kappa shape index (κ1) is 16.5. The van der Waals surface area contributed by atoms with Gasteiger partial charge in [-0.1, -0.05) is 12.1 Å². The summed E-state index contributed by atoms with van der Waals surface area (Å²) in [6.45, 7) is 3.71. The SMILES string of the molecule is CCOC(=O)NCC(=O)c1cccc2cc(C(=O)OCC)[nH]c12. The standard InChI is InChI=1S/C16H18N2O5/c1-3-22-15(20)12-8-10-6-5-7-11(14(10)18-12)13(19)9-17-16(21)23-4-2/h5-8,18H,3-4,9H2,1-2H3,(H,17,21). The normalized spacial score (nSPS) is 10.3. The fourth-order valence-corrected chi connectivity index (χ4v) is 2.14. The predicted molar refractivity (Wildman–Crippen MR) is 83.6 cm³/mol. The Kier molecular flexibility index (Phi) is 5.35. The minimum atomic E-state index is -0.647. The van der Waals surface area contributed by atoms with Gasteiger partial charge in [0.05, 0.1) is 25.3 Å². The van der Waals surface area contributed by atoms with E-state index in [1.165, 1.54) is 0 Å². The van der Waals surface area contributed by atoms with Gasteiger partial charge < -0.3 is 19.8 Å². The molecule has 0 fully saturated rings. The van der Waals surface area contributed by atoms with Gasteiger partial charge in [0.15, 0.2) is 5.78 Å². The third-order valence-corrected chi connectivity index (χ3v) is 3.12. The summed E-state index contributed by atoms with van der Waals surface area (Å²) in [6.07, 6.45) is -0.647. The zero-order chi connectivity index (χ0) is 16.8. The number of hydrogen-bond donors (Lipinski definition) is 2. The number of esters is 1. The molecule has 0 saturated carbocycles. The molecule has 122 valence electrons. The van der Waals surface area contributed by atoms with Crippen LogP contribution in [0.3, 0.4) is 0 Å². The minimum Gasteiger partial charge on any atom is -0.461 e. The van der Waals surface area contributed by atoms with E-state index in [0.29, 0.717) is 11.1 Å². The topological polar surface area (TPSA) is 97.5 Å². The van der Waals surface area contributed by atoms with E-state index in [2.05, 4.69) is 10.3 Å². The summed E-state index contributed by atoms with van der Waals surface area (Å²) < 4.78 is 9.64. The fraction of sp³-hybridized carbons (Fsp3) is 0.312. The Morgan fingerprint density at radius 1 is 1.13 bits per heavy atom. The molecule has 1 amide bonds. The molecule has 23 heavy (non-hydrogen) atoms. The zero-order valence-electron chi connectivity index (χ0n) is 13.0. The number of carbonyl (C=O) groups is 3. The molecule has 0 bridgehead atoms. The highest BCUT2D eigenvalue weighted by molar-refractivity contribution is 6.09. The van der Waals surface area contributed by atoms with Crippen molar-refractivity contribution in [1.29, 1.82) is 0 Å². The number of amides is 1. The number of benzene rings is 1. The number of carbonyl (C=O) groups excluding carboxylic acids is 3. The molecule has 1 aromatic heterocycles. The maximum atomic E-state index is 12.3. The van der Waals surface area contributed by atoms with E-state index in [-0.39, 0.29) is 31.2 Å².